The second-order valence-corrected chi connectivity index (χ2v) is 10.9. The second-order valence-electron chi connectivity index (χ2n) is 10.9. The van der Waals surface area contributed by atoms with Crippen LogP contribution in [-0.4, -0.2) is 27.5 Å². The van der Waals surface area contributed by atoms with Gasteiger partial charge in [-0.05, 0) is 90.5 Å². The average Bonchev–Trinajstić information content (AvgIpc) is 3.41. The molecule has 2 aromatic rings. The number of allylic oxidation sites excluding steroid dienone is 3. The number of ether oxygens (including phenoxy) is 3. The first-order valence-electron chi connectivity index (χ1n) is 12.2. The first-order valence-corrected chi connectivity index (χ1v) is 12.2. The molecule has 2 N–H and O–H groups in total. The van der Waals surface area contributed by atoms with E-state index in [-0.39, 0.29) is 28.8 Å². The van der Waals surface area contributed by atoms with Gasteiger partial charge in [0.1, 0.15) is 34.4 Å². The maximum atomic E-state index is 10.7. The minimum absolute atomic E-state index is 0.0294. The van der Waals surface area contributed by atoms with Gasteiger partial charge in [0.2, 0.25) is 0 Å². The number of phenolic OH excluding ortho intramolecular Hbond substituents is 2. The van der Waals surface area contributed by atoms with Crippen LogP contribution < -0.4 is 4.74 Å². The van der Waals surface area contributed by atoms with Gasteiger partial charge in [-0.2, -0.15) is 0 Å². The summed E-state index contributed by atoms with van der Waals surface area (Å²) in [7, 11) is 0. The summed E-state index contributed by atoms with van der Waals surface area (Å²) < 4.78 is 18.9. The summed E-state index contributed by atoms with van der Waals surface area (Å²) in [6.45, 7) is 10.5. The molecule has 2 atom stereocenters. The van der Waals surface area contributed by atoms with Gasteiger partial charge in [0, 0.05) is 23.3 Å². The smallest absolute Gasteiger partial charge is 0.142 e. The van der Waals surface area contributed by atoms with Crippen LogP contribution in [0.15, 0.2) is 42.0 Å². The summed E-state index contributed by atoms with van der Waals surface area (Å²) in [5.74, 6) is 2.24. The molecular formula is C29H34O5. The lowest BCUT2D eigenvalue weighted by Gasteiger charge is -2.37. The van der Waals surface area contributed by atoms with E-state index in [4.69, 9.17) is 14.2 Å². The first kappa shape index (κ1) is 22.9. The van der Waals surface area contributed by atoms with E-state index >= 15 is 0 Å². The summed E-state index contributed by atoms with van der Waals surface area (Å²) in [6.07, 6.45) is 6.62. The molecule has 2 aromatic carbocycles. The van der Waals surface area contributed by atoms with Crippen LogP contribution in [0.2, 0.25) is 0 Å². The maximum absolute atomic E-state index is 10.7. The van der Waals surface area contributed by atoms with Crippen LogP contribution in [0.25, 0.3) is 11.3 Å². The predicted molar refractivity (Wildman–Crippen MR) is 133 cm³/mol. The molecule has 0 aliphatic carbocycles. The molecule has 3 heterocycles. The molecule has 0 spiro atoms. The van der Waals surface area contributed by atoms with Crippen molar-refractivity contribution < 1.29 is 24.4 Å². The Morgan fingerprint density at radius 2 is 1.79 bits per heavy atom. The number of rotatable bonds is 5. The van der Waals surface area contributed by atoms with Gasteiger partial charge in [-0.1, -0.05) is 11.6 Å². The highest BCUT2D eigenvalue weighted by atomic mass is 16.6. The van der Waals surface area contributed by atoms with Crippen molar-refractivity contribution in [1.82, 2.24) is 0 Å². The summed E-state index contributed by atoms with van der Waals surface area (Å²) in [5, 5.41) is 20.8. The largest absolute Gasteiger partial charge is 0.508 e. The van der Waals surface area contributed by atoms with Crippen molar-refractivity contribution in [3.63, 3.8) is 0 Å². The number of hydrogen-bond donors (Lipinski definition) is 2. The number of phenols is 2. The average molecular weight is 463 g/mol. The summed E-state index contributed by atoms with van der Waals surface area (Å²) in [4.78, 5) is 0. The van der Waals surface area contributed by atoms with Crippen LogP contribution in [0.3, 0.4) is 0 Å². The molecular weight excluding hydrogens is 428 g/mol. The lowest BCUT2D eigenvalue weighted by atomic mass is 9.84. The van der Waals surface area contributed by atoms with Gasteiger partial charge in [-0.3, -0.25) is 0 Å². The van der Waals surface area contributed by atoms with Gasteiger partial charge in [0.05, 0.1) is 17.3 Å². The lowest BCUT2D eigenvalue weighted by Crippen LogP contribution is -2.32. The van der Waals surface area contributed by atoms with E-state index in [1.807, 2.05) is 12.1 Å². The molecule has 0 unspecified atom stereocenters. The highest BCUT2D eigenvalue weighted by Gasteiger charge is 2.48. The molecule has 3 aliphatic rings. The molecule has 0 radical (unpaired) electrons. The van der Waals surface area contributed by atoms with Crippen LogP contribution in [-0.2, 0) is 15.9 Å². The van der Waals surface area contributed by atoms with E-state index in [9.17, 15) is 10.2 Å². The normalized spacial score (nSPS) is 24.1. The molecule has 5 heteroatoms. The number of hydrogen-bond acceptors (Lipinski definition) is 5. The van der Waals surface area contributed by atoms with E-state index in [2.05, 4.69) is 40.7 Å². The molecule has 1 saturated heterocycles. The van der Waals surface area contributed by atoms with Gasteiger partial charge in [-0.15, -0.1) is 0 Å². The number of benzene rings is 2. The van der Waals surface area contributed by atoms with E-state index in [0.29, 0.717) is 17.9 Å². The first-order chi connectivity index (χ1) is 16.0. The molecule has 3 aliphatic heterocycles. The second kappa shape index (κ2) is 8.09. The van der Waals surface area contributed by atoms with E-state index in [1.165, 1.54) is 5.57 Å². The molecule has 34 heavy (non-hydrogen) atoms. The minimum Gasteiger partial charge on any atom is -0.508 e. The zero-order valence-corrected chi connectivity index (χ0v) is 20.7. The minimum atomic E-state index is -0.317. The molecule has 180 valence electrons. The molecule has 0 aromatic heterocycles. The Labute approximate surface area is 201 Å². The molecule has 0 amide bonds. The number of fused-ring (bicyclic) bond motifs is 4. The van der Waals surface area contributed by atoms with Crippen molar-refractivity contribution >= 4 is 11.3 Å². The van der Waals surface area contributed by atoms with Crippen LogP contribution >= 0.6 is 0 Å². The number of epoxide rings is 1. The fraction of sp³-hybridized carbons (Fsp3) is 0.448. The standard InChI is InChI=1S/C29H34O5/c1-17(2)6-7-18-14-22-20-10-12-29(5,13-11-26-28(3,4)33-26)34-27(20)21-9-8-19(30)15-24(21)32-25(22)16-23(18)31/h6,8-9,14-16,26,30-31H,7,10-13H2,1-5H3/t26-,29-/m0/s1. The highest BCUT2D eigenvalue weighted by molar-refractivity contribution is 5.94. The topological polar surface area (TPSA) is 71.5 Å². The summed E-state index contributed by atoms with van der Waals surface area (Å²) >= 11 is 0. The van der Waals surface area contributed by atoms with Gasteiger partial charge in [0.15, 0.2) is 0 Å². The highest BCUT2D eigenvalue weighted by Crippen LogP contribution is 2.52. The third-order valence-electron chi connectivity index (χ3n) is 7.29. The predicted octanol–water partition coefficient (Wildman–Crippen LogP) is 7.11. The quantitative estimate of drug-likeness (QED) is 0.366. The van der Waals surface area contributed by atoms with Crippen molar-refractivity contribution in [2.45, 2.75) is 84.0 Å². The third-order valence-corrected chi connectivity index (χ3v) is 7.29. The Kier molecular flexibility index (Phi) is 5.44. The third kappa shape index (κ3) is 4.29. The van der Waals surface area contributed by atoms with Crippen molar-refractivity contribution in [1.29, 1.82) is 0 Å². The Hall–Kier alpha value is -2.92. The van der Waals surface area contributed by atoms with Gasteiger partial charge in [0.25, 0.3) is 0 Å². The van der Waals surface area contributed by atoms with Crippen molar-refractivity contribution in [2.24, 2.45) is 0 Å². The number of aromatic hydroxyl groups is 2. The summed E-state index contributed by atoms with van der Waals surface area (Å²) in [5.41, 5.74) is 4.55. The van der Waals surface area contributed by atoms with Crippen LogP contribution in [0.4, 0.5) is 0 Å². The fourth-order valence-corrected chi connectivity index (χ4v) is 5.00. The monoisotopic (exact) mass is 462 g/mol. The van der Waals surface area contributed by atoms with E-state index in [0.717, 1.165) is 53.7 Å². The van der Waals surface area contributed by atoms with E-state index < -0.39 is 0 Å². The Morgan fingerprint density at radius 1 is 1.06 bits per heavy atom. The fourth-order valence-electron chi connectivity index (χ4n) is 5.00. The lowest BCUT2D eigenvalue weighted by molar-refractivity contribution is 0.0310. The molecule has 1 fully saturated rings. The van der Waals surface area contributed by atoms with Gasteiger partial charge < -0.3 is 24.4 Å². The zero-order chi connectivity index (χ0) is 24.3. The zero-order valence-electron chi connectivity index (χ0n) is 20.7. The Bertz CT molecular complexity index is 1200. The van der Waals surface area contributed by atoms with Gasteiger partial charge in [-0.25, -0.2) is 0 Å². The molecule has 5 nitrogen and oxygen atoms in total. The molecule has 0 bridgehead atoms. The van der Waals surface area contributed by atoms with Gasteiger partial charge >= 0.3 is 0 Å². The SMILES string of the molecule is CC(C)=CCc1cc2c(cc1O)Oc1cc(O)ccc1C1=C2CC[C@@](C)(CC[C@@H]2OC2(C)C)O1. The van der Waals surface area contributed by atoms with Crippen molar-refractivity contribution in [3.8, 4) is 23.0 Å². The Balaban J connectivity index is 1.56. The van der Waals surface area contributed by atoms with Crippen LogP contribution in [0.1, 0.15) is 77.0 Å². The van der Waals surface area contributed by atoms with Crippen LogP contribution in [0.5, 0.6) is 23.0 Å². The van der Waals surface area contributed by atoms with Crippen LogP contribution in [0, 0.1) is 0 Å². The maximum Gasteiger partial charge on any atom is 0.142 e. The Morgan fingerprint density at radius 3 is 2.50 bits per heavy atom. The van der Waals surface area contributed by atoms with Crippen molar-refractivity contribution in [3.05, 3.63) is 58.7 Å². The molecule has 0 saturated carbocycles. The van der Waals surface area contributed by atoms with Crippen molar-refractivity contribution in [2.75, 3.05) is 0 Å². The molecule has 5 rings (SSSR count). The summed E-state index contributed by atoms with van der Waals surface area (Å²) in [6, 6.07) is 8.84. The van der Waals surface area contributed by atoms with E-state index in [1.54, 1.807) is 18.2 Å².